The average Bonchev–Trinajstić information content (AvgIpc) is 4.11. The van der Waals surface area contributed by atoms with Crippen LogP contribution < -0.4 is 19.5 Å². The van der Waals surface area contributed by atoms with Crippen LogP contribution >= 0.6 is 0 Å². The Labute approximate surface area is 354 Å². The summed E-state index contributed by atoms with van der Waals surface area (Å²) in [4.78, 5) is 61.1. The van der Waals surface area contributed by atoms with Crippen LogP contribution in [0, 0.1) is 17.8 Å². The topological polar surface area (TPSA) is 185 Å². The Balaban J connectivity index is 1.50. The minimum absolute atomic E-state index is 0.0134. The highest BCUT2D eigenvalue weighted by Gasteiger charge is 2.71. The van der Waals surface area contributed by atoms with Crippen LogP contribution in [0.15, 0.2) is 36.5 Å². The zero-order valence-electron chi connectivity index (χ0n) is 35.0. The van der Waals surface area contributed by atoms with Crippen LogP contribution in [-0.4, -0.2) is 106 Å². The second-order valence-corrected chi connectivity index (χ2v) is 19.5. The number of nitrogens with one attached hydrogen (secondary N) is 2. The monoisotopic (exact) mass is 903 g/mol. The Morgan fingerprint density at radius 3 is 2.40 bits per heavy atom. The van der Waals surface area contributed by atoms with Gasteiger partial charge in [-0.05, 0) is 88.8 Å². The van der Waals surface area contributed by atoms with Crippen molar-refractivity contribution in [2.24, 2.45) is 17.8 Å². The Hall–Kier alpha value is -4.82. The summed E-state index contributed by atoms with van der Waals surface area (Å²) in [7, 11) is -3.42. The van der Waals surface area contributed by atoms with E-state index in [0.29, 0.717) is 19.0 Å². The molecule has 1 aromatic heterocycles. The van der Waals surface area contributed by atoms with Crippen molar-refractivity contribution >= 4 is 44.6 Å². The molecule has 2 saturated carbocycles. The molecule has 14 nitrogen and oxygen atoms in total. The van der Waals surface area contributed by atoms with Crippen LogP contribution in [0.5, 0.6) is 11.6 Å². The molecular weight excluding hydrogens is 853 g/mol. The quantitative estimate of drug-likeness (QED) is 0.134. The van der Waals surface area contributed by atoms with E-state index in [4.69, 9.17) is 9.47 Å². The molecule has 21 heteroatoms. The van der Waals surface area contributed by atoms with Crippen molar-refractivity contribution in [1.29, 1.82) is 0 Å². The van der Waals surface area contributed by atoms with Crippen LogP contribution in [0.1, 0.15) is 91.5 Å². The smallest absolute Gasteiger partial charge is 0.418 e. The van der Waals surface area contributed by atoms with Crippen LogP contribution in [0.25, 0.3) is 10.8 Å². The van der Waals surface area contributed by atoms with Gasteiger partial charge in [-0.3, -0.25) is 28.9 Å². The number of methoxy groups -OCH3 is 1. The van der Waals surface area contributed by atoms with Gasteiger partial charge in [-0.2, -0.15) is 22.0 Å². The second-order valence-electron chi connectivity index (χ2n) is 17.4. The molecule has 3 fully saturated rings. The highest BCUT2D eigenvalue weighted by molar-refractivity contribution is 7.91. The highest BCUT2D eigenvalue weighted by atomic mass is 32.2. The highest BCUT2D eigenvalue weighted by Crippen LogP contribution is 2.52. The number of alkyl halides is 6. The van der Waals surface area contributed by atoms with E-state index in [2.05, 4.69) is 10.3 Å². The molecule has 2 aromatic rings. The Morgan fingerprint density at radius 2 is 1.82 bits per heavy atom. The van der Waals surface area contributed by atoms with E-state index in [9.17, 15) is 45.5 Å². The lowest BCUT2D eigenvalue weighted by atomic mass is 9.86. The van der Waals surface area contributed by atoms with Crippen LogP contribution in [-0.2, 0) is 30.6 Å². The number of halogens is 6. The predicted octanol–water partition coefficient (Wildman–Crippen LogP) is 6.58. The van der Waals surface area contributed by atoms with Crippen molar-refractivity contribution in [3.8, 4) is 11.6 Å². The molecule has 1 unspecified atom stereocenters. The third-order valence-electron chi connectivity index (χ3n) is 13.0. The van der Waals surface area contributed by atoms with Crippen LogP contribution in [0.3, 0.4) is 0 Å². The van der Waals surface area contributed by atoms with Crippen molar-refractivity contribution in [2.45, 2.75) is 132 Å². The zero-order chi connectivity index (χ0) is 46.0. The number of carboxylic acid groups (broad SMARTS) is 1. The number of rotatable bonds is 10. The fraction of sp³-hybridized carbons (Fsp3) is 0.634. The second kappa shape index (κ2) is 16.4. The first kappa shape index (κ1) is 46.7. The van der Waals surface area contributed by atoms with Crippen molar-refractivity contribution in [2.75, 3.05) is 13.8 Å². The lowest BCUT2D eigenvalue weighted by molar-refractivity contribution is -0.219. The average molecular weight is 904 g/mol. The molecule has 62 heavy (non-hydrogen) atoms. The summed E-state index contributed by atoms with van der Waals surface area (Å²) in [6, 6.07) is -6.13. The molecule has 2 aliphatic heterocycles. The largest absolute Gasteiger partial charge is 0.497 e. The van der Waals surface area contributed by atoms with Gasteiger partial charge >= 0.3 is 18.3 Å². The molecular formula is C41H51F6N5O9S. The van der Waals surface area contributed by atoms with Gasteiger partial charge in [0, 0.05) is 35.3 Å². The van der Waals surface area contributed by atoms with E-state index in [1.165, 1.54) is 27.0 Å². The number of carbonyl (C=O) groups excluding carboxylic acids is 3. The number of fused-ring (bicyclic) bond motifs is 3. The number of hydrogen-bond acceptors (Lipinski definition) is 9. The third-order valence-corrected chi connectivity index (χ3v) is 15.1. The number of sulfonamides is 1. The number of carbonyl (C=O) groups is 4. The summed E-state index contributed by atoms with van der Waals surface area (Å²) in [5, 5.41) is 12.1. The molecule has 0 spiro atoms. The molecule has 0 bridgehead atoms. The molecule has 1 aromatic carbocycles. The van der Waals surface area contributed by atoms with Crippen molar-refractivity contribution in [3.05, 3.63) is 42.1 Å². The van der Waals surface area contributed by atoms with Gasteiger partial charge in [0.2, 0.25) is 21.8 Å². The molecule has 4 aliphatic rings. The van der Waals surface area contributed by atoms with E-state index < -0.39 is 122 Å². The summed E-state index contributed by atoms with van der Waals surface area (Å²) in [6.07, 6.45) is -3.09. The summed E-state index contributed by atoms with van der Waals surface area (Å²) in [5.74, 6) is -6.84. The maximum Gasteiger partial charge on any atom is 0.418 e. The number of hydrogen-bond donors (Lipinski definition) is 3. The zero-order valence-corrected chi connectivity index (χ0v) is 35.8. The van der Waals surface area contributed by atoms with E-state index in [1.54, 1.807) is 19.1 Å². The van der Waals surface area contributed by atoms with Crippen molar-refractivity contribution in [1.82, 2.24) is 24.8 Å². The number of pyridine rings is 1. The fourth-order valence-corrected chi connectivity index (χ4v) is 10.2. The maximum absolute atomic E-state index is 17.7. The number of amides is 4. The Kier molecular flexibility index (Phi) is 12.3. The lowest BCUT2D eigenvalue weighted by Crippen LogP contribution is -2.64. The minimum Gasteiger partial charge on any atom is -0.497 e. The molecule has 342 valence electrons. The van der Waals surface area contributed by atoms with Crippen LogP contribution in [0.4, 0.5) is 31.1 Å². The number of aromatic nitrogens is 1. The molecule has 8 atom stereocenters. The van der Waals surface area contributed by atoms with Gasteiger partial charge in [-0.25, -0.2) is 22.6 Å². The number of ether oxygens (including phenoxy) is 2. The van der Waals surface area contributed by atoms with Gasteiger partial charge in [0.1, 0.15) is 34.8 Å². The summed E-state index contributed by atoms with van der Waals surface area (Å²) >= 11 is 0. The van der Waals surface area contributed by atoms with Crippen molar-refractivity contribution < 1.29 is 68.5 Å². The molecule has 3 heterocycles. The first-order chi connectivity index (χ1) is 28.8. The summed E-state index contributed by atoms with van der Waals surface area (Å²) in [5.41, 5.74) is -6.28. The summed E-state index contributed by atoms with van der Waals surface area (Å²) in [6.45, 7) is 6.03. The van der Waals surface area contributed by atoms with Gasteiger partial charge in [-0.15, -0.1) is 0 Å². The number of benzene rings is 1. The van der Waals surface area contributed by atoms with E-state index in [1.807, 2.05) is 11.6 Å². The number of nitrogens with zero attached hydrogens (tertiary/aromatic N) is 3. The molecule has 0 radical (unpaired) electrons. The Morgan fingerprint density at radius 1 is 1.15 bits per heavy atom. The molecule has 1 saturated heterocycles. The SMILES string of the molecule is CCC(C)N(C(=O)O)[C@@H]1C(=O)N2[C@@H](C[C@@](C)(Oc3ncc(C(F)(F)F)c4cc(OC)ccc34)C2(F)F)C(=O)N[C@]2(C(=O)NS(=O)(=O)C3(CF)CC3)C[C@H]2/C=C\CC[C@@H](C)C[C@H]1C. The maximum atomic E-state index is 17.7. The van der Waals surface area contributed by atoms with Crippen LogP contribution in [0.2, 0.25) is 0 Å². The summed E-state index contributed by atoms with van der Waals surface area (Å²) < 4.78 is 129. The van der Waals surface area contributed by atoms with Gasteiger partial charge in [0.25, 0.3) is 11.8 Å². The molecule has 6 rings (SSSR count). The first-order valence-corrected chi connectivity index (χ1v) is 21.9. The molecule has 3 N–H and O–H groups in total. The fourth-order valence-electron chi connectivity index (χ4n) is 8.78. The predicted molar refractivity (Wildman–Crippen MR) is 211 cm³/mol. The van der Waals surface area contributed by atoms with Gasteiger partial charge in [0.15, 0.2) is 5.60 Å². The van der Waals surface area contributed by atoms with E-state index in [0.717, 1.165) is 24.0 Å². The number of allylic oxidation sites excluding steroid dienone is 1. The molecule has 4 amide bonds. The van der Waals surface area contributed by atoms with E-state index >= 15 is 13.6 Å². The van der Waals surface area contributed by atoms with Gasteiger partial charge in [0.05, 0.1) is 12.7 Å². The van der Waals surface area contributed by atoms with Gasteiger partial charge in [-0.1, -0.05) is 32.9 Å². The van der Waals surface area contributed by atoms with Crippen molar-refractivity contribution in [3.63, 3.8) is 0 Å². The molecule has 2 aliphatic carbocycles. The normalized spacial score (nSPS) is 30.7. The first-order valence-electron chi connectivity index (χ1n) is 20.4. The minimum atomic E-state index is -4.96. The third kappa shape index (κ3) is 8.13. The standard InChI is InChI=1S/C41H51F6N5O9S/c1-7-24(4)51(36(56)57)31-23(3)16-22(2)10-8-9-11-25-18-39(25,35(55)50-62(58,59)38(21-42)14-15-38)49-32(53)30-19-37(5,41(46,47)52(30)34(31)54)61-33-27-13-12-26(60-6)17-28(27)29(20-48-33)40(43,44)45/h9,11-13,17,20,22-25,30-31H,7-8,10,14-16,18-19,21H2,1-6H3,(H,49,53)(H,50,55)(H,56,57)/b11-9-/t22-,23-,24?,25-,30+,31+,37-,39-/m1/s1. The van der Waals surface area contributed by atoms with E-state index in [-0.39, 0.29) is 54.1 Å². The Bertz CT molecular complexity index is 2260. The van der Waals surface area contributed by atoms with Gasteiger partial charge < -0.3 is 19.9 Å². The lowest BCUT2D eigenvalue weighted by Gasteiger charge is -2.42.